The van der Waals surface area contributed by atoms with E-state index in [0.29, 0.717) is 24.2 Å². The summed E-state index contributed by atoms with van der Waals surface area (Å²) in [7, 11) is 0. The lowest BCUT2D eigenvalue weighted by Crippen LogP contribution is -2.26. The number of benzene rings is 1. The molecule has 2 atom stereocenters. The van der Waals surface area contributed by atoms with Crippen LogP contribution in [0.2, 0.25) is 10.0 Å². The average Bonchev–Trinajstić information content (AvgIpc) is 3.06. The van der Waals surface area contributed by atoms with Gasteiger partial charge in [0.2, 0.25) is 0 Å². The number of hydrogen-bond donors (Lipinski definition) is 2. The molecule has 1 aromatic heterocycles. The van der Waals surface area contributed by atoms with Gasteiger partial charge in [-0.15, -0.1) is 0 Å². The number of rotatable bonds is 3. The van der Waals surface area contributed by atoms with Gasteiger partial charge < -0.3 is 20.3 Å². The van der Waals surface area contributed by atoms with Crippen LogP contribution in [0.25, 0.3) is 0 Å². The molecule has 3 N–H and O–H groups in total. The van der Waals surface area contributed by atoms with Crippen LogP contribution in [0.5, 0.6) is 5.75 Å². The highest BCUT2D eigenvalue weighted by molar-refractivity contribution is 6.36. The van der Waals surface area contributed by atoms with E-state index in [4.69, 9.17) is 38.4 Å². The summed E-state index contributed by atoms with van der Waals surface area (Å²) in [6.07, 6.45) is 1.24. The minimum absolute atomic E-state index is 0.110. The van der Waals surface area contributed by atoms with E-state index in [0.717, 1.165) is 0 Å². The Bertz CT molecular complexity index is 921. The molecule has 1 aliphatic heterocycles. The van der Waals surface area contributed by atoms with Gasteiger partial charge in [0, 0.05) is 34.8 Å². The van der Waals surface area contributed by atoms with Crippen LogP contribution in [0.3, 0.4) is 0 Å². The minimum Gasteiger partial charge on any atom is -0.482 e. The number of aromatic nitrogens is 1. The van der Waals surface area contributed by atoms with Crippen LogP contribution >= 0.6 is 23.2 Å². The van der Waals surface area contributed by atoms with Gasteiger partial charge in [0.25, 0.3) is 0 Å². The van der Waals surface area contributed by atoms with Crippen molar-refractivity contribution >= 4 is 29.0 Å². The van der Waals surface area contributed by atoms with Crippen LogP contribution in [-0.2, 0) is 4.74 Å². The van der Waals surface area contributed by atoms with Crippen molar-refractivity contribution in [3.8, 4) is 17.6 Å². The van der Waals surface area contributed by atoms with E-state index in [1.165, 1.54) is 18.3 Å². The van der Waals surface area contributed by atoms with Gasteiger partial charge in [-0.2, -0.15) is 0 Å². The van der Waals surface area contributed by atoms with E-state index in [2.05, 4.69) is 16.8 Å². The van der Waals surface area contributed by atoms with Crippen molar-refractivity contribution in [3.05, 3.63) is 51.4 Å². The molecule has 8 heteroatoms. The van der Waals surface area contributed by atoms with Crippen molar-refractivity contribution in [2.75, 3.05) is 18.9 Å². The third kappa shape index (κ3) is 4.45. The van der Waals surface area contributed by atoms with Crippen molar-refractivity contribution in [3.63, 3.8) is 0 Å². The van der Waals surface area contributed by atoms with E-state index in [9.17, 15) is 9.50 Å². The maximum absolute atomic E-state index is 13.8. The highest BCUT2D eigenvalue weighted by atomic mass is 35.5. The number of aliphatic hydroxyl groups is 1. The lowest BCUT2D eigenvalue weighted by atomic mass is 10.0. The van der Waals surface area contributed by atoms with Crippen LogP contribution in [0.1, 0.15) is 30.6 Å². The Labute approximate surface area is 166 Å². The van der Waals surface area contributed by atoms with Crippen molar-refractivity contribution in [2.24, 2.45) is 0 Å². The summed E-state index contributed by atoms with van der Waals surface area (Å²) >= 11 is 12.2. The Morgan fingerprint density at radius 1 is 1.44 bits per heavy atom. The number of hydrogen-bond acceptors (Lipinski definition) is 5. The molecular formula is C19H17Cl2FN2O3. The maximum atomic E-state index is 13.8. The first-order valence-corrected chi connectivity index (χ1v) is 8.93. The fourth-order valence-corrected chi connectivity index (χ4v) is 3.30. The highest BCUT2D eigenvalue weighted by Gasteiger charge is 2.29. The first-order valence-electron chi connectivity index (χ1n) is 8.18. The van der Waals surface area contributed by atoms with Crippen molar-refractivity contribution in [1.82, 2.24) is 4.98 Å². The Kier molecular flexibility index (Phi) is 5.78. The predicted octanol–water partition coefficient (Wildman–Crippen LogP) is 3.75. The molecule has 0 radical (unpaired) electrons. The number of pyridine rings is 1. The molecule has 0 aliphatic carbocycles. The summed E-state index contributed by atoms with van der Waals surface area (Å²) in [5, 5.41) is 10.4. The van der Waals surface area contributed by atoms with E-state index in [-0.39, 0.29) is 28.2 Å². The largest absolute Gasteiger partial charge is 0.482 e. The molecule has 2 heterocycles. The fourth-order valence-electron chi connectivity index (χ4n) is 2.62. The first kappa shape index (κ1) is 19.7. The molecule has 1 fully saturated rings. The van der Waals surface area contributed by atoms with Gasteiger partial charge in [-0.1, -0.05) is 35.0 Å². The number of nitrogen functional groups attached to an aromatic ring is 1. The Balaban J connectivity index is 1.85. The molecule has 1 saturated heterocycles. The lowest BCUT2D eigenvalue weighted by molar-refractivity contribution is 0.0765. The zero-order valence-electron chi connectivity index (χ0n) is 14.4. The molecule has 1 aromatic carbocycles. The summed E-state index contributed by atoms with van der Waals surface area (Å²) in [4.78, 5) is 4.05. The molecule has 0 bridgehead atoms. The smallest absolute Gasteiger partial charge is 0.166 e. The molecule has 0 saturated carbocycles. The Morgan fingerprint density at radius 2 is 2.22 bits per heavy atom. The van der Waals surface area contributed by atoms with Crippen LogP contribution in [0, 0.1) is 17.7 Å². The molecule has 27 heavy (non-hydrogen) atoms. The normalized spacial score (nSPS) is 20.0. The molecule has 3 rings (SSSR count). The summed E-state index contributed by atoms with van der Waals surface area (Å²) in [5.74, 6) is 5.43. The zero-order chi connectivity index (χ0) is 19.6. The van der Waals surface area contributed by atoms with E-state index in [1.54, 1.807) is 13.0 Å². The molecule has 0 spiro atoms. The zero-order valence-corrected chi connectivity index (χ0v) is 15.9. The van der Waals surface area contributed by atoms with Gasteiger partial charge in [-0.3, -0.25) is 0 Å². The summed E-state index contributed by atoms with van der Waals surface area (Å²) in [6.45, 7) is 2.30. The van der Waals surface area contributed by atoms with Gasteiger partial charge in [0.05, 0.1) is 18.2 Å². The third-order valence-electron chi connectivity index (χ3n) is 4.11. The third-order valence-corrected chi connectivity index (χ3v) is 4.83. The van der Waals surface area contributed by atoms with Crippen molar-refractivity contribution in [2.45, 2.75) is 25.0 Å². The standard InChI is InChI=1S/C19H17Cl2FN2O3/c1-11(16-13(20)2-3-14(22)17(16)21)27-15-8-12(9-24-18(15)23)4-5-19(25)6-7-26-10-19/h2-3,8-9,11,25H,6-7,10H2,1H3,(H2,23,24). The second-order valence-electron chi connectivity index (χ2n) is 6.21. The van der Waals surface area contributed by atoms with Crippen molar-refractivity contribution < 1.29 is 19.0 Å². The molecule has 2 unspecified atom stereocenters. The monoisotopic (exact) mass is 410 g/mol. The maximum Gasteiger partial charge on any atom is 0.166 e. The Morgan fingerprint density at radius 3 is 2.93 bits per heavy atom. The number of nitrogens with zero attached hydrogens (tertiary/aromatic N) is 1. The number of ether oxygens (including phenoxy) is 2. The second kappa shape index (κ2) is 7.91. The van der Waals surface area contributed by atoms with Crippen LogP contribution in [0.4, 0.5) is 10.2 Å². The molecule has 1 aliphatic rings. The summed E-state index contributed by atoms with van der Waals surface area (Å²) in [6, 6.07) is 4.18. The van der Waals surface area contributed by atoms with E-state index < -0.39 is 17.5 Å². The van der Waals surface area contributed by atoms with Crippen LogP contribution in [0.15, 0.2) is 24.4 Å². The number of halogens is 3. The van der Waals surface area contributed by atoms with E-state index in [1.807, 2.05) is 0 Å². The molecule has 0 amide bonds. The SMILES string of the molecule is CC(Oc1cc(C#CC2(O)CCOC2)cnc1N)c1c(Cl)ccc(F)c1Cl. The summed E-state index contributed by atoms with van der Waals surface area (Å²) in [5.41, 5.74) is 5.52. The topological polar surface area (TPSA) is 77.6 Å². The Hall–Kier alpha value is -2.04. The minimum atomic E-state index is -1.17. The van der Waals surface area contributed by atoms with Gasteiger partial charge in [0.1, 0.15) is 11.9 Å². The molecule has 142 valence electrons. The van der Waals surface area contributed by atoms with Crippen LogP contribution < -0.4 is 10.5 Å². The van der Waals surface area contributed by atoms with E-state index >= 15 is 0 Å². The molecular weight excluding hydrogens is 394 g/mol. The quantitative estimate of drug-likeness (QED) is 0.594. The number of anilines is 1. The molecule has 2 aromatic rings. The lowest BCUT2D eigenvalue weighted by Gasteiger charge is -2.19. The van der Waals surface area contributed by atoms with Crippen LogP contribution in [-0.4, -0.2) is 28.9 Å². The van der Waals surface area contributed by atoms with Gasteiger partial charge >= 0.3 is 0 Å². The number of nitrogens with two attached hydrogens (primary N) is 1. The first-order chi connectivity index (χ1) is 12.8. The predicted molar refractivity (Wildman–Crippen MR) is 101 cm³/mol. The van der Waals surface area contributed by atoms with Gasteiger partial charge in [0.15, 0.2) is 17.2 Å². The fraction of sp³-hybridized carbons (Fsp3) is 0.316. The van der Waals surface area contributed by atoms with Gasteiger partial charge in [-0.05, 0) is 19.1 Å². The summed E-state index contributed by atoms with van der Waals surface area (Å²) < 4.78 is 24.7. The van der Waals surface area contributed by atoms with Gasteiger partial charge in [-0.25, -0.2) is 9.37 Å². The highest BCUT2D eigenvalue weighted by Crippen LogP contribution is 2.36. The second-order valence-corrected chi connectivity index (χ2v) is 6.99. The average molecular weight is 411 g/mol. The molecule has 5 nitrogen and oxygen atoms in total. The van der Waals surface area contributed by atoms with Crippen molar-refractivity contribution in [1.29, 1.82) is 0 Å².